The minimum absolute atomic E-state index is 0.801. The van der Waals surface area contributed by atoms with Crippen molar-refractivity contribution in [1.29, 1.82) is 0 Å². The molecule has 0 fully saturated rings. The maximum atomic E-state index is 9.28. The quantitative estimate of drug-likeness (QED) is 0.298. The third-order valence-corrected chi connectivity index (χ3v) is 0.117. The summed E-state index contributed by atoms with van der Waals surface area (Å²) in [6, 6.07) is 0. The highest BCUT2D eigenvalue weighted by atomic mass is 17.1. The molecule has 0 rings (SSSR count). The third kappa shape index (κ3) is 3.43. The Morgan fingerprint density at radius 3 is 2.00 bits per heavy atom. The molecular weight excluding hydrogens is 72.0 g/mol. The van der Waals surface area contributed by atoms with Crippen LogP contribution < -0.4 is 0 Å². The number of carbonyl (C=O) groups is 1. The van der Waals surface area contributed by atoms with Gasteiger partial charge in [-0.2, -0.15) is 0 Å². The maximum Gasteiger partial charge on any atom is 0.342 e. The largest absolute Gasteiger partial charge is 0.342 e. The van der Waals surface area contributed by atoms with E-state index in [1.807, 2.05) is 0 Å². The summed E-state index contributed by atoms with van der Waals surface area (Å²) in [4.78, 5) is 12.1. The van der Waals surface area contributed by atoms with Crippen molar-refractivity contribution in [3.63, 3.8) is 0 Å². The second-order valence-electron chi connectivity index (χ2n) is 0.575. The molecule has 0 heterocycles. The van der Waals surface area contributed by atoms with Gasteiger partial charge in [0.2, 0.25) is 0 Å². The molecule has 0 saturated heterocycles. The SMILES string of the molecule is CC(=O)O[O]. The van der Waals surface area contributed by atoms with Crippen LogP contribution in [-0.2, 0) is 14.9 Å². The molecule has 0 spiro atoms. The molecule has 0 aromatic rings. The highest BCUT2D eigenvalue weighted by molar-refractivity contribution is 5.64. The monoisotopic (exact) mass is 75.0 g/mol. The van der Waals surface area contributed by atoms with E-state index in [-0.39, 0.29) is 0 Å². The van der Waals surface area contributed by atoms with Gasteiger partial charge < -0.3 is 0 Å². The third-order valence-electron chi connectivity index (χ3n) is 0.117. The molecule has 3 heteroatoms. The lowest BCUT2D eigenvalue weighted by molar-refractivity contribution is -0.275. The molecule has 0 aliphatic rings. The summed E-state index contributed by atoms with van der Waals surface area (Å²) in [6.45, 7) is 1.05. The van der Waals surface area contributed by atoms with E-state index in [2.05, 4.69) is 4.89 Å². The first-order valence-electron chi connectivity index (χ1n) is 1.07. The van der Waals surface area contributed by atoms with Crippen molar-refractivity contribution in [2.45, 2.75) is 6.92 Å². The topological polar surface area (TPSA) is 46.2 Å². The average molecular weight is 75.0 g/mol. The van der Waals surface area contributed by atoms with Gasteiger partial charge in [-0.3, -0.25) is 4.89 Å². The second-order valence-corrected chi connectivity index (χ2v) is 0.575. The van der Waals surface area contributed by atoms with Gasteiger partial charge in [0, 0.05) is 12.2 Å². The lowest BCUT2D eigenvalue weighted by Gasteiger charge is -1.71. The van der Waals surface area contributed by atoms with E-state index in [0.717, 1.165) is 6.92 Å². The van der Waals surface area contributed by atoms with Crippen molar-refractivity contribution in [3.05, 3.63) is 0 Å². The van der Waals surface area contributed by atoms with E-state index in [9.17, 15) is 4.79 Å². The molecule has 0 amide bonds. The summed E-state index contributed by atoms with van der Waals surface area (Å²) in [5.74, 6) is -0.801. The zero-order chi connectivity index (χ0) is 4.28. The normalized spacial score (nSPS) is 6.80. The average Bonchev–Trinajstić information content (AvgIpc) is 1.38. The minimum Gasteiger partial charge on any atom is -0.266 e. The fraction of sp³-hybridized carbons (Fsp3) is 0.500. The number of carbonyl (C=O) groups excluding carboxylic acids is 1. The lowest BCUT2D eigenvalue weighted by atomic mass is 10.9. The van der Waals surface area contributed by atoms with Crippen molar-refractivity contribution < 1.29 is 14.9 Å². The van der Waals surface area contributed by atoms with Gasteiger partial charge in [0.05, 0.1) is 0 Å². The number of hydrogen-bond acceptors (Lipinski definition) is 2. The molecule has 0 aromatic heterocycles. The number of rotatable bonds is 0. The Hall–Kier alpha value is -0.570. The van der Waals surface area contributed by atoms with Crippen LogP contribution in [0.15, 0.2) is 0 Å². The molecule has 3 nitrogen and oxygen atoms in total. The van der Waals surface area contributed by atoms with Gasteiger partial charge in [-0.1, -0.05) is 0 Å². The van der Waals surface area contributed by atoms with Crippen LogP contribution in [0.1, 0.15) is 6.92 Å². The van der Waals surface area contributed by atoms with Crippen molar-refractivity contribution in [2.75, 3.05) is 0 Å². The summed E-state index contributed by atoms with van der Waals surface area (Å²) in [7, 11) is 0. The van der Waals surface area contributed by atoms with E-state index in [1.54, 1.807) is 0 Å². The summed E-state index contributed by atoms with van der Waals surface area (Å²) in [5, 5.41) is 8.78. The molecular formula is C2H3O3. The Morgan fingerprint density at radius 1 is 1.80 bits per heavy atom. The molecule has 1 radical (unpaired) electrons. The van der Waals surface area contributed by atoms with Gasteiger partial charge >= 0.3 is 5.97 Å². The van der Waals surface area contributed by atoms with Crippen LogP contribution in [0.5, 0.6) is 0 Å². The van der Waals surface area contributed by atoms with Crippen molar-refractivity contribution in [3.8, 4) is 0 Å². The second kappa shape index (κ2) is 1.72. The molecule has 0 aromatic carbocycles. The fourth-order valence-electron chi connectivity index (χ4n) is 0. The van der Waals surface area contributed by atoms with Gasteiger partial charge in [0.15, 0.2) is 0 Å². The van der Waals surface area contributed by atoms with Crippen LogP contribution in [0.25, 0.3) is 0 Å². The van der Waals surface area contributed by atoms with E-state index in [0.29, 0.717) is 0 Å². The molecule has 0 bridgehead atoms. The van der Waals surface area contributed by atoms with Gasteiger partial charge in [0.1, 0.15) is 0 Å². The molecule has 0 aliphatic heterocycles. The Morgan fingerprint density at radius 2 is 2.00 bits per heavy atom. The smallest absolute Gasteiger partial charge is 0.266 e. The highest BCUT2D eigenvalue weighted by Gasteiger charge is 1.81. The zero-order valence-corrected chi connectivity index (χ0v) is 2.72. The first-order valence-corrected chi connectivity index (χ1v) is 1.07. The van der Waals surface area contributed by atoms with Gasteiger partial charge in [0.25, 0.3) is 0 Å². The lowest BCUT2D eigenvalue weighted by Crippen LogP contribution is -1.87. The summed E-state index contributed by atoms with van der Waals surface area (Å²) in [6.07, 6.45) is 0. The van der Waals surface area contributed by atoms with Crippen LogP contribution >= 0.6 is 0 Å². The maximum absolute atomic E-state index is 9.28. The first-order chi connectivity index (χ1) is 2.27. The van der Waals surface area contributed by atoms with Crippen LogP contribution in [0.4, 0.5) is 0 Å². The molecule has 0 unspecified atom stereocenters. The Kier molecular flexibility index (Phi) is 1.53. The van der Waals surface area contributed by atoms with E-state index >= 15 is 0 Å². The molecule has 0 saturated carbocycles. The van der Waals surface area contributed by atoms with Crippen molar-refractivity contribution >= 4 is 5.97 Å². The molecule has 5 heavy (non-hydrogen) atoms. The van der Waals surface area contributed by atoms with E-state index < -0.39 is 5.97 Å². The predicted molar refractivity (Wildman–Crippen MR) is 12.5 cm³/mol. The Bertz CT molecular complexity index is 40.2. The van der Waals surface area contributed by atoms with Crippen molar-refractivity contribution in [1.82, 2.24) is 0 Å². The fourth-order valence-corrected chi connectivity index (χ4v) is 0. The van der Waals surface area contributed by atoms with Gasteiger partial charge in [-0.15, -0.1) is 0 Å². The molecule has 0 atom stereocenters. The predicted octanol–water partition coefficient (Wildman–Crippen LogP) is -0.105. The summed E-state index contributed by atoms with van der Waals surface area (Å²) in [5.41, 5.74) is 0. The van der Waals surface area contributed by atoms with Crippen LogP contribution in [0.2, 0.25) is 0 Å². The van der Waals surface area contributed by atoms with E-state index in [4.69, 9.17) is 5.26 Å². The standard InChI is InChI=1S/C2H3O3/c1-2(3)5-4/h1H3. The summed E-state index contributed by atoms with van der Waals surface area (Å²) >= 11 is 0. The Labute approximate surface area is 29.1 Å². The van der Waals surface area contributed by atoms with Gasteiger partial charge in [-0.25, -0.2) is 4.79 Å². The van der Waals surface area contributed by atoms with E-state index in [1.165, 1.54) is 0 Å². The van der Waals surface area contributed by atoms with Gasteiger partial charge in [-0.05, 0) is 0 Å². The van der Waals surface area contributed by atoms with Crippen LogP contribution in [0, 0.1) is 0 Å². The Balaban J connectivity index is 2.85. The minimum atomic E-state index is -0.801. The molecule has 0 N–H and O–H groups in total. The van der Waals surface area contributed by atoms with Crippen molar-refractivity contribution in [2.24, 2.45) is 0 Å². The zero-order valence-electron chi connectivity index (χ0n) is 2.72. The highest BCUT2D eigenvalue weighted by Crippen LogP contribution is 1.61. The molecule has 0 aliphatic carbocycles. The molecule has 29 valence electrons. The van der Waals surface area contributed by atoms with Crippen LogP contribution in [-0.4, -0.2) is 5.97 Å². The first kappa shape index (κ1) is 4.43. The number of hydrogen-bond donors (Lipinski definition) is 0. The van der Waals surface area contributed by atoms with Crippen LogP contribution in [0.3, 0.4) is 0 Å². The summed E-state index contributed by atoms with van der Waals surface area (Å²) < 4.78 is 0.